The number of nitrogens with zero attached hydrogens (tertiary/aromatic N) is 1. The van der Waals surface area contributed by atoms with Crippen LogP contribution in [0.4, 0.5) is 0 Å². The molecule has 0 bridgehead atoms. The lowest BCUT2D eigenvalue weighted by atomic mass is 9.97. The van der Waals surface area contributed by atoms with Crippen molar-refractivity contribution >= 4 is 17.4 Å². The molecule has 0 amide bonds. The van der Waals surface area contributed by atoms with Gasteiger partial charge in [0.1, 0.15) is 0 Å². The summed E-state index contributed by atoms with van der Waals surface area (Å²) in [6.45, 7) is 0. The number of hydrogen-bond donors (Lipinski definition) is 0. The maximum atomic E-state index is 11.5. The van der Waals surface area contributed by atoms with Crippen LogP contribution in [0, 0.1) is 0 Å². The number of carbonyl (C=O) groups excluding carboxylic acids is 1. The van der Waals surface area contributed by atoms with Crippen LogP contribution < -0.4 is 0 Å². The normalized spacial score (nSPS) is 17.2. The lowest BCUT2D eigenvalue weighted by Crippen LogP contribution is -1.98. The van der Waals surface area contributed by atoms with Gasteiger partial charge in [0.15, 0.2) is 5.78 Å². The van der Waals surface area contributed by atoms with Crippen molar-refractivity contribution in [2.45, 2.75) is 6.42 Å². The lowest BCUT2D eigenvalue weighted by Gasteiger charge is -2.09. The molecule has 2 aliphatic carbocycles. The number of rotatable bonds is 0. The van der Waals surface area contributed by atoms with Gasteiger partial charge < -0.3 is 0 Å². The van der Waals surface area contributed by atoms with Crippen molar-refractivity contribution in [2.75, 3.05) is 0 Å². The maximum absolute atomic E-state index is 11.5. The van der Waals surface area contributed by atoms with E-state index in [0.717, 1.165) is 28.8 Å². The van der Waals surface area contributed by atoms with Crippen molar-refractivity contribution in [1.82, 2.24) is 4.98 Å². The van der Waals surface area contributed by atoms with Crippen LogP contribution in [0.3, 0.4) is 0 Å². The maximum Gasteiger partial charge on any atom is 0.186 e. The van der Waals surface area contributed by atoms with Crippen LogP contribution in [0.5, 0.6) is 0 Å². The van der Waals surface area contributed by atoms with Crippen molar-refractivity contribution in [1.29, 1.82) is 0 Å². The summed E-state index contributed by atoms with van der Waals surface area (Å²) in [6.07, 6.45) is 8.30. The second-order valence-corrected chi connectivity index (χ2v) is 3.26. The Morgan fingerprint density at radius 2 is 2.31 bits per heavy atom. The molecule has 0 radical (unpaired) electrons. The summed E-state index contributed by atoms with van der Waals surface area (Å²) in [6, 6.07) is 1.80. The van der Waals surface area contributed by atoms with Crippen LogP contribution in [0.1, 0.15) is 28.0 Å². The van der Waals surface area contributed by atoms with Gasteiger partial charge in [0, 0.05) is 17.3 Å². The smallest absolute Gasteiger partial charge is 0.186 e. The van der Waals surface area contributed by atoms with Gasteiger partial charge in [-0.05, 0) is 30.2 Å². The van der Waals surface area contributed by atoms with E-state index in [1.807, 2.05) is 12.2 Å². The highest BCUT2D eigenvalue weighted by atomic mass is 16.1. The van der Waals surface area contributed by atoms with Crippen molar-refractivity contribution in [3.8, 4) is 0 Å². The van der Waals surface area contributed by atoms with Crippen LogP contribution >= 0.6 is 0 Å². The van der Waals surface area contributed by atoms with Gasteiger partial charge in [-0.1, -0.05) is 6.08 Å². The van der Waals surface area contributed by atoms with Crippen LogP contribution in [0.25, 0.3) is 11.6 Å². The number of allylic oxidation sites excluding steroid dienone is 3. The van der Waals surface area contributed by atoms with Crippen LogP contribution in [-0.4, -0.2) is 10.8 Å². The van der Waals surface area contributed by atoms with Gasteiger partial charge in [-0.3, -0.25) is 9.78 Å². The van der Waals surface area contributed by atoms with E-state index in [0.29, 0.717) is 0 Å². The fourth-order valence-electron chi connectivity index (χ4n) is 1.91. The predicted molar refractivity (Wildman–Crippen MR) is 50.2 cm³/mol. The quantitative estimate of drug-likeness (QED) is 0.595. The van der Waals surface area contributed by atoms with Gasteiger partial charge in [-0.2, -0.15) is 0 Å². The molecule has 2 heteroatoms. The molecule has 13 heavy (non-hydrogen) atoms. The van der Waals surface area contributed by atoms with E-state index >= 15 is 0 Å². The number of pyridine rings is 1. The molecule has 2 aliphatic rings. The Labute approximate surface area is 75.6 Å². The van der Waals surface area contributed by atoms with Crippen LogP contribution in [0.2, 0.25) is 0 Å². The molecule has 0 N–H and O–H groups in total. The molecule has 2 nitrogen and oxygen atoms in total. The van der Waals surface area contributed by atoms with E-state index in [1.165, 1.54) is 0 Å². The molecule has 1 heterocycles. The number of carbonyl (C=O) groups is 1. The molecule has 62 valence electrons. The molecule has 0 aliphatic heterocycles. The van der Waals surface area contributed by atoms with Crippen molar-refractivity contribution in [2.24, 2.45) is 0 Å². The fraction of sp³-hybridized carbons (Fsp3) is 0.0909. The average molecular weight is 169 g/mol. The van der Waals surface area contributed by atoms with Gasteiger partial charge in [0.05, 0.1) is 5.69 Å². The molecule has 0 fully saturated rings. The lowest BCUT2D eigenvalue weighted by molar-refractivity contribution is 0.105. The van der Waals surface area contributed by atoms with Crippen LogP contribution in [-0.2, 0) is 0 Å². The van der Waals surface area contributed by atoms with Gasteiger partial charge in [0.2, 0.25) is 0 Å². The molecule has 0 saturated heterocycles. The fourth-order valence-corrected chi connectivity index (χ4v) is 1.91. The minimum atomic E-state index is 0.123. The number of hydrogen-bond acceptors (Lipinski definition) is 2. The molecule has 0 spiro atoms. The molecule has 0 aromatic carbocycles. The first-order chi connectivity index (χ1) is 6.36. The second kappa shape index (κ2) is 2.16. The molecular formula is C11H7NO. The average Bonchev–Trinajstić information content (AvgIpc) is 2.47. The second-order valence-electron chi connectivity index (χ2n) is 3.26. The van der Waals surface area contributed by atoms with E-state index in [4.69, 9.17) is 0 Å². The first-order valence-corrected chi connectivity index (χ1v) is 4.27. The molecule has 0 unspecified atom stereocenters. The zero-order valence-corrected chi connectivity index (χ0v) is 6.95. The molecule has 1 aromatic rings. The minimum Gasteiger partial charge on any atom is -0.289 e. The summed E-state index contributed by atoms with van der Waals surface area (Å²) < 4.78 is 0. The Morgan fingerprint density at radius 1 is 1.38 bits per heavy atom. The Bertz CT molecular complexity index is 469. The molecular weight excluding hydrogens is 162 g/mol. The van der Waals surface area contributed by atoms with Gasteiger partial charge in [-0.25, -0.2) is 0 Å². The van der Waals surface area contributed by atoms with Gasteiger partial charge >= 0.3 is 0 Å². The summed E-state index contributed by atoms with van der Waals surface area (Å²) >= 11 is 0. The third-order valence-electron chi connectivity index (χ3n) is 2.49. The monoisotopic (exact) mass is 169 g/mol. The zero-order chi connectivity index (χ0) is 8.84. The van der Waals surface area contributed by atoms with Crippen LogP contribution in [0.15, 0.2) is 24.4 Å². The highest BCUT2D eigenvalue weighted by molar-refractivity contribution is 6.17. The van der Waals surface area contributed by atoms with E-state index in [2.05, 4.69) is 4.98 Å². The summed E-state index contributed by atoms with van der Waals surface area (Å²) in [5.41, 5.74) is 3.91. The Kier molecular flexibility index (Phi) is 1.13. The van der Waals surface area contributed by atoms with E-state index in [1.54, 1.807) is 18.3 Å². The molecule has 0 atom stereocenters. The summed E-state index contributed by atoms with van der Waals surface area (Å²) in [5, 5.41) is 0. The predicted octanol–water partition coefficient (Wildman–Crippen LogP) is 2.08. The van der Waals surface area contributed by atoms with E-state index in [9.17, 15) is 4.79 Å². The van der Waals surface area contributed by atoms with E-state index in [-0.39, 0.29) is 5.78 Å². The highest BCUT2D eigenvalue weighted by Gasteiger charge is 2.24. The Hall–Kier alpha value is -1.70. The summed E-state index contributed by atoms with van der Waals surface area (Å²) in [4.78, 5) is 15.7. The van der Waals surface area contributed by atoms with E-state index < -0.39 is 0 Å². The highest BCUT2D eigenvalue weighted by Crippen LogP contribution is 2.35. The Morgan fingerprint density at radius 3 is 3.23 bits per heavy atom. The summed E-state index contributed by atoms with van der Waals surface area (Å²) in [7, 11) is 0. The van der Waals surface area contributed by atoms with Crippen molar-refractivity contribution < 1.29 is 4.79 Å². The number of ketones is 1. The SMILES string of the molecule is O=C1C=C2CC=Cc3nccc1c32. The number of aromatic nitrogens is 1. The third-order valence-corrected chi connectivity index (χ3v) is 2.49. The van der Waals surface area contributed by atoms with Crippen molar-refractivity contribution in [3.05, 3.63) is 41.2 Å². The van der Waals surface area contributed by atoms with Gasteiger partial charge in [0.25, 0.3) is 0 Å². The molecule has 3 rings (SSSR count). The third kappa shape index (κ3) is 0.773. The largest absolute Gasteiger partial charge is 0.289 e. The van der Waals surface area contributed by atoms with Gasteiger partial charge in [-0.15, -0.1) is 0 Å². The summed E-state index contributed by atoms with van der Waals surface area (Å²) in [5.74, 6) is 0.123. The zero-order valence-electron chi connectivity index (χ0n) is 6.95. The van der Waals surface area contributed by atoms with Crippen molar-refractivity contribution in [3.63, 3.8) is 0 Å². The molecule has 0 saturated carbocycles. The molecule has 1 aromatic heterocycles. The topological polar surface area (TPSA) is 30.0 Å². The first kappa shape index (κ1) is 6.78. The Balaban J connectivity index is 2.42. The minimum absolute atomic E-state index is 0.123. The first-order valence-electron chi connectivity index (χ1n) is 4.27. The standard InChI is InChI=1S/C11H7NO/c13-10-6-7-2-1-3-9-11(7)8(10)4-5-12-9/h1,3-6H,2H2.